The largest absolute Gasteiger partial charge is 0.369 e. The molecule has 1 atom stereocenters. The molecule has 0 saturated heterocycles. The maximum atomic E-state index is 11.9. The summed E-state index contributed by atoms with van der Waals surface area (Å²) in [5.74, 6) is -0.311. The highest BCUT2D eigenvalue weighted by atomic mass is 79.9. The van der Waals surface area contributed by atoms with Crippen molar-refractivity contribution < 1.29 is 9.00 Å². The van der Waals surface area contributed by atoms with Gasteiger partial charge in [-0.2, -0.15) is 0 Å². The van der Waals surface area contributed by atoms with E-state index in [2.05, 4.69) is 15.9 Å². The monoisotopic (exact) mass is 351 g/mol. The second kappa shape index (κ2) is 6.81. The van der Waals surface area contributed by atoms with E-state index in [0.717, 1.165) is 21.2 Å². The van der Waals surface area contributed by atoms with Crippen LogP contribution in [0.15, 0.2) is 53.0 Å². The van der Waals surface area contributed by atoms with E-state index in [0.29, 0.717) is 5.75 Å². The Morgan fingerprint density at radius 3 is 2.40 bits per heavy atom. The number of nitrogens with two attached hydrogens (primary N) is 1. The van der Waals surface area contributed by atoms with Gasteiger partial charge >= 0.3 is 0 Å². The first-order chi connectivity index (χ1) is 9.56. The van der Waals surface area contributed by atoms with Crippen LogP contribution in [0, 0.1) is 0 Å². The molecule has 0 spiro atoms. The van der Waals surface area contributed by atoms with Gasteiger partial charge in [-0.15, -0.1) is 0 Å². The van der Waals surface area contributed by atoms with E-state index >= 15 is 0 Å². The molecule has 0 heterocycles. The maximum absolute atomic E-state index is 11.9. The molecule has 0 saturated carbocycles. The summed E-state index contributed by atoms with van der Waals surface area (Å²) >= 11 is 3.40. The molecule has 1 amide bonds. The normalized spacial score (nSPS) is 12.1. The molecule has 0 aromatic heterocycles. The van der Waals surface area contributed by atoms with Gasteiger partial charge < -0.3 is 5.73 Å². The van der Waals surface area contributed by atoms with E-state index in [1.165, 1.54) is 0 Å². The Hall–Kier alpha value is -1.46. The maximum Gasteiger partial charge on any atom is 0.230 e. The quantitative estimate of drug-likeness (QED) is 0.900. The first-order valence-corrected chi connectivity index (χ1v) is 8.31. The Labute approximate surface area is 128 Å². The van der Waals surface area contributed by atoms with Crippen LogP contribution in [0.1, 0.15) is 5.56 Å². The molecule has 5 heteroatoms. The minimum atomic E-state index is -1.27. The van der Waals surface area contributed by atoms with Gasteiger partial charge in [0.15, 0.2) is 0 Å². The zero-order chi connectivity index (χ0) is 14.5. The molecule has 0 unspecified atom stereocenters. The summed E-state index contributed by atoms with van der Waals surface area (Å²) in [7, 11) is -1.27. The fourth-order valence-corrected chi connectivity index (χ4v) is 3.22. The molecule has 20 heavy (non-hydrogen) atoms. The number of hydrogen-bond donors (Lipinski definition) is 1. The van der Waals surface area contributed by atoms with Gasteiger partial charge in [0.25, 0.3) is 0 Å². The number of amides is 1. The average Bonchev–Trinajstić information content (AvgIpc) is 2.39. The molecule has 0 aliphatic heterocycles. The summed E-state index contributed by atoms with van der Waals surface area (Å²) < 4.78 is 12.9. The first-order valence-electron chi connectivity index (χ1n) is 6.03. The molecule has 0 bridgehead atoms. The minimum absolute atomic E-state index is 0.103. The molecule has 2 rings (SSSR count). The Bertz CT molecular complexity index is 641. The molecule has 0 aliphatic rings. The van der Waals surface area contributed by atoms with E-state index in [1.807, 2.05) is 48.5 Å². The van der Waals surface area contributed by atoms with Gasteiger partial charge in [-0.3, -0.25) is 9.00 Å². The van der Waals surface area contributed by atoms with Crippen LogP contribution >= 0.6 is 15.9 Å². The fourth-order valence-electron chi connectivity index (χ4n) is 1.94. The molecule has 0 aliphatic carbocycles. The number of carbonyl (C=O) groups excluding carboxylic acids is 1. The Morgan fingerprint density at radius 1 is 1.10 bits per heavy atom. The standard InChI is InChI=1S/C15H14BrNO2S/c16-13-7-5-11(6-8-13)14-4-2-1-3-12(14)9-20(19)10-15(17)18/h1-8H,9-10H2,(H2,17,18)/t20-/m1/s1. The Morgan fingerprint density at radius 2 is 1.75 bits per heavy atom. The van der Waals surface area contributed by atoms with Crippen molar-refractivity contribution in [3.8, 4) is 11.1 Å². The summed E-state index contributed by atoms with van der Waals surface area (Å²) in [5.41, 5.74) is 8.11. The SMILES string of the molecule is NC(=O)C[S@](=O)Cc1ccccc1-c1ccc(Br)cc1. The van der Waals surface area contributed by atoms with Crippen molar-refractivity contribution in [3.05, 3.63) is 58.6 Å². The smallest absolute Gasteiger partial charge is 0.230 e. The van der Waals surface area contributed by atoms with Crippen molar-refractivity contribution in [2.24, 2.45) is 5.73 Å². The zero-order valence-corrected chi connectivity index (χ0v) is 13.1. The van der Waals surface area contributed by atoms with E-state index in [4.69, 9.17) is 5.73 Å². The second-order valence-electron chi connectivity index (χ2n) is 4.36. The minimum Gasteiger partial charge on any atom is -0.369 e. The fraction of sp³-hybridized carbons (Fsp3) is 0.133. The van der Waals surface area contributed by atoms with Crippen molar-refractivity contribution >= 4 is 32.6 Å². The molecule has 104 valence electrons. The van der Waals surface area contributed by atoms with Crippen molar-refractivity contribution in [2.75, 3.05) is 5.75 Å². The van der Waals surface area contributed by atoms with Gasteiger partial charge in [0, 0.05) is 21.0 Å². The van der Waals surface area contributed by atoms with E-state index in [1.54, 1.807) is 0 Å². The van der Waals surface area contributed by atoms with Gasteiger partial charge in [0.2, 0.25) is 5.91 Å². The lowest BCUT2D eigenvalue weighted by molar-refractivity contribution is -0.115. The van der Waals surface area contributed by atoms with Crippen LogP contribution in [0.2, 0.25) is 0 Å². The van der Waals surface area contributed by atoms with E-state index in [-0.39, 0.29) is 5.75 Å². The predicted octanol–water partition coefficient (Wildman–Crippen LogP) is 2.85. The predicted molar refractivity (Wildman–Crippen MR) is 85.5 cm³/mol. The molecule has 2 aromatic rings. The summed E-state index contributed by atoms with van der Waals surface area (Å²) in [6.45, 7) is 0. The van der Waals surface area contributed by atoms with Crippen molar-refractivity contribution in [1.29, 1.82) is 0 Å². The summed E-state index contributed by atoms with van der Waals surface area (Å²) in [5, 5.41) is 0. The van der Waals surface area contributed by atoms with E-state index < -0.39 is 16.7 Å². The van der Waals surface area contributed by atoms with Crippen molar-refractivity contribution in [3.63, 3.8) is 0 Å². The molecular formula is C15H14BrNO2S. The molecular weight excluding hydrogens is 338 g/mol. The van der Waals surface area contributed by atoms with Gasteiger partial charge in [-0.05, 0) is 28.8 Å². The van der Waals surface area contributed by atoms with Crippen LogP contribution in [0.4, 0.5) is 0 Å². The average molecular weight is 352 g/mol. The molecule has 0 radical (unpaired) electrons. The molecule has 2 aromatic carbocycles. The highest BCUT2D eigenvalue weighted by molar-refractivity contribution is 9.10. The number of benzene rings is 2. The Kier molecular flexibility index (Phi) is 5.09. The van der Waals surface area contributed by atoms with Gasteiger partial charge in [0.05, 0.1) is 0 Å². The number of carbonyl (C=O) groups is 1. The third-order valence-corrected chi connectivity index (χ3v) is 4.56. The highest BCUT2D eigenvalue weighted by Gasteiger charge is 2.10. The van der Waals surface area contributed by atoms with Crippen LogP contribution in [0.3, 0.4) is 0 Å². The number of primary amides is 1. The topological polar surface area (TPSA) is 60.2 Å². The second-order valence-corrected chi connectivity index (χ2v) is 6.73. The van der Waals surface area contributed by atoms with E-state index in [9.17, 15) is 9.00 Å². The molecule has 2 N–H and O–H groups in total. The summed E-state index contributed by atoms with van der Waals surface area (Å²) in [6, 6.07) is 15.7. The van der Waals surface area contributed by atoms with Crippen LogP contribution in [0.5, 0.6) is 0 Å². The zero-order valence-electron chi connectivity index (χ0n) is 10.7. The van der Waals surface area contributed by atoms with Crippen LogP contribution in [-0.4, -0.2) is 15.9 Å². The summed E-state index contributed by atoms with van der Waals surface area (Å²) in [6.07, 6.45) is 0. The van der Waals surface area contributed by atoms with Crippen molar-refractivity contribution in [2.45, 2.75) is 5.75 Å². The van der Waals surface area contributed by atoms with Gasteiger partial charge in [0.1, 0.15) is 5.75 Å². The van der Waals surface area contributed by atoms with Crippen LogP contribution in [0.25, 0.3) is 11.1 Å². The lowest BCUT2D eigenvalue weighted by atomic mass is 10.0. The first kappa shape index (κ1) is 14.9. The van der Waals surface area contributed by atoms with Crippen molar-refractivity contribution in [1.82, 2.24) is 0 Å². The van der Waals surface area contributed by atoms with Gasteiger partial charge in [-0.25, -0.2) is 0 Å². The number of rotatable bonds is 5. The molecule has 3 nitrogen and oxygen atoms in total. The molecule has 0 fully saturated rings. The Balaban J connectivity index is 2.28. The van der Waals surface area contributed by atoms with Gasteiger partial charge in [-0.1, -0.05) is 52.3 Å². The number of hydrogen-bond acceptors (Lipinski definition) is 2. The lowest BCUT2D eigenvalue weighted by Crippen LogP contribution is -2.20. The summed E-state index contributed by atoms with van der Waals surface area (Å²) in [4.78, 5) is 10.8. The van der Waals surface area contributed by atoms with Crippen LogP contribution in [-0.2, 0) is 21.3 Å². The van der Waals surface area contributed by atoms with Crippen LogP contribution < -0.4 is 5.73 Å². The number of halogens is 1. The highest BCUT2D eigenvalue weighted by Crippen LogP contribution is 2.26. The lowest BCUT2D eigenvalue weighted by Gasteiger charge is -2.09. The third kappa shape index (κ3) is 4.02. The third-order valence-electron chi connectivity index (χ3n) is 2.79.